The van der Waals surface area contributed by atoms with E-state index in [1.54, 1.807) is 14.2 Å². The monoisotopic (exact) mass is 856 g/mol. The Labute approximate surface area is 382 Å². The van der Waals surface area contributed by atoms with E-state index < -0.39 is 0 Å². The molecule has 6 heteroatoms. The topological polar surface area (TPSA) is 83.6 Å². The number of rotatable bonds is 9. The van der Waals surface area contributed by atoms with Crippen molar-refractivity contribution in [2.24, 2.45) is 9.98 Å². The van der Waals surface area contributed by atoms with Gasteiger partial charge in [-0.25, -0.2) is 0 Å². The lowest BCUT2D eigenvalue weighted by Crippen LogP contribution is -1.93. The van der Waals surface area contributed by atoms with Crippen LogP contribution in [0.5, 0.6) is 23.0 Å². The van der Waals surface area contributed by atoms with Gasteiger partial charge in [0.05, 0.1) is 25.6 Å². The van der Waals surface area contributed by atoms with Crippen molar-refractivity contribution in [3.8, 4) is 56.4 Å². The summed E-state index contributed by atoms with van der Waals surface area (Å²) in [6, 6.07) is 54.0. The van der Waals surface area contributed by atoms with Gasteiger partial charge in [-0.1, -0.05) is 109 Å². The van der Waals surface area contributed by atoms with E-state index in [-0.39, 0.29) is 11.5 Å². The summed E-state index contributed by atoms with van der Waals surface area (Å²) in [5, 5.41) is 32.7. The number of hydrogen-bond donors (Lipinski definition) is 2. The molecule has 0 bridgehead atoms. The van der Waals surface area contributed by atoms with Crippen molar-refractivity contribution in [3.05, 3.63) is 191 Å². The average Bonchev–Trinajstić information content (AvgIpc) is 3.99. The lowest BCUT2D eigenvalue weighted by Gasteiger charge is -2.17. The number of aromatic hydroxyl groups is 2. The third kappa shape index (κ3) is 6.40. The van der Waals surface area contributed by atoms with Crippen LogP contribution in [0.1, 0.15) is 33.4 Å². The molecule has 0 atom stereocenters. The van der Waals surface area contributed by atoms with Gasteiger partial charge in [0.15, 0.2) is 0 Å². The molecule has 0 saturated carbocycles. The largest absolute Gasteiger partial charge is 0.507 e. The first-order valence-electron chi connectivity index (χ1n) is 22.5. The Morgan fingerprint density at radius 1 is 0.424 bits per heavy atom. The molecule has 0 heterocycles. The van der Waals surface area contributed by atoms with Crippen LogP contribution in [0.25, 0.3) is 76.5 Å². The van der Waals surface area contributed by atoms with E-state index in [1.165, 1.54) is 22.3 Å². The molecule has 0 fully saturated rings. The van der Waals surface area contributed by atoms with Gasteiger partial charge in [-0.2, -0.15) is 0 Å². The van der Waals surface area contributed by atoms with Crippen LogP contribution in [0.15, 0.2) is 168 Å². The van der Waals surface area contributed by atoms with Gasteiger partial charge in [0.25, 0.3) is 0 Å². The van der Waals surface area contributed by atoms with Crippen LogP contribution >= 0.6 is 0 Å². The minimum Gasteiger partial charge on any atom is -0.507 e. The van der Waals surface area contributed by atoms with Crippen LogP contribution in [0.4, 0.5) is 11.4 Å². The molecule has 12 rings (SSSR count). The van der Waals surface area contributed by atoms with E-state index in [0.717, 1.165) is 125 Å². The summed E-state index contributed by atoms with van der Waals surface area (Å²) in [5.41, 5.74) is 13.6. The fourth-order valence-electron chi connectivity index (χ4n) is 10.6. The Bertz CT molecular complexity index is 3440. The number of ether oxygens (including phenoxy) is 2. The van der Waals surface area contributed by atoms with Crippen LogP contribution in [0.3, 0.4) is 0 Å². The highest BCUT2D eigenvalue weighted by molar-refractivity contribution is 6.15. The molecule has 0 unspecified atom stereocenters. The van der Waals surface area contributed by atoms with Crippen LogP contribution in [0, 0.1) is 0 Å². The van der Waals surface area contributed by atoms with Gasteiger partial charge in [-0.05, 0) is 151 Å². The Balaban J connectivity index is 1.02. The highest BCUT2D eigenvalue weighted by Crippen LogP contribution is 2.48. The summed E-state index contributed by atoms with van der Waals surface area (Å²) in [6.07, 6.45) is 7.29. The van der Waals surface area contributed by atoms with E-state index in [2.05, 4.69) is 109 Å². The second-order valence-electron chi connectivity index (χ2n) is 17.3. The van der Waals surface area contributed by atoms with Gasteiger partial charge in [0.1, 0.15) is 23.0 Å². The average molecular weight is 857 g/mol. The number of nitrogens with zero attached hydrogens (tertiary/aromatic N) is 2. The number of phenols is 2. The van der Waals surface area contributed by atoms with E-state index in [0.29, 0.717) is 11.1 Å². The zero-order chi connectivity index (χ0) is 44.5. The molecule has 0 saturated heterocycles. The number of methoxy groups -OCH3 is 2. The fraction of sp³-hybridized carbons (Fsp3) is 0.100. The molecule has 10 aromatic carbocycles. The SMILES string of the molecule is COc1ccc(-c2ccc3c4c(cc(/C=N/c5ccc6ccccc6c5-c5c(/N=C/c6cc7c8c(ccc(-c9ccc(OC)cc9)c8c6O)CC7)ccc6ccccc56)c(O)c24)CC3)cc1. The number of aryl methyl sites for hydroxylation is 4. The molecule has 0 amide bonds. The van der Waals surface area contributed by atoms with E-state index in [4.69, 9.17) is 19.5 Å². The maximum absolute atomic E-state index is 12.2. The zero-order valence-electron chi connectivity index (χ0n) is 36.6. The van der Waals surface area contributed by atoms with Crippen molar-refractivity contribution in [2.75, 3.05) is 14.2 Å². The van der Waals surface area contributed by atoms with Gasteiger partial charge in [-0.3, -0.25) is 9.98 Å². The smallest absolute Gasteiger partial charge is 0.132 e. The quantitative estimate of drug-likeness (QED) is 0.142. The first kappa shape index (κ1) is 39.4. The Hall–Kier alpha value is -8.22. The summed E-state index contributed by atoms with van der Waals surface area (Å²) < 4.78 is 10.9. The summed E-state index contributed by atoms with van der Waals surface area (Å²) in [4.78, 5) is 10.6. The molecule has 6 nitrogen and oxygen atoms in total. The van der Waals surface area contributed by atoms with E-state index >= 15 is 0 Å². The Morgan fingerprint density at radius 3 is 1.26 bits per heavy atom. The predicted molar refractivity (Wildman–Crippen MR) is 271 cm³/mol. The van der Waals surface area contributed by atoms with Crippen LogP contribution < -0.4 is 9.47 Å². The molecular weight excluding hydrogens is 813 g/mol. The van der Waals surface area contributed by atoms with Gasteiger partial charge >= 0.3 is 0 Å². The molecular formula is C60H44N2O4. The van der Waals surface area contributed by atoms with Gasteiger partial charge < -0.3 is 19.7 Å². The maximum Gasteiger partial charge on any atom is 0.132 e. The summed E-state index contributed by atoms with van der Waals surface area (Å²) in [6.45, 7) is 0. The van der Waals surface area contributed by atoms with Crippen molar-refractivity contribution in [2.45, 2.75) is 25.7 Å². The number of aliphatic imine (C=N–C) groups is 2. The minimum absolute atomic E-state index is 0.214. The fourth-order valence-corrected chi connectivity index (χ4v) is 10.6. The lowest BCUT2D eigenvalue weighted by atomic mass is 9.91. The molecule has 0 spiro atoms. The van der Waals surface area contributed by atoms with Crippen LogP contribution in [0.2, 0.25) is 0 Å². The van der Waals surface area contributed by atoms with Crippen molar-refractivity contribution in [3.63, 3.8) is 0 Å². The highest BCUT2D eigenvalue weighted by atomic mass is 16.5. The van der Waals surface area contributed by atoms with Crippen molar-refractivity contribution >= 4 is 66.9 Å². The molecule has 0 aliphatic heterocycles. The third-order valence-corrected chi connectivity index (χ3v) is 13.8. The zero-order valence-corrected chi connectivity index (χ0v) is 36.6. The number of hydrogen-bond acceptors (Lipinski definition) is 6. The Kier molecular flexibility index (Phi) is 9.42. The molecule has 66 heavy (non-hydrogen) atoms. The molecule has 0 radical (unpaired) electrons. The van der Waals surface area contributed by atoms with Crippen molar-refractivity contribution in [1.82, 2.24) is 0 Å². The lowest BCUT2D eigenvalue weighted by molar-refractivity contribution is 0.415. The maximum atomic E-state index is 12.2. The molecule has 2 aliphatic rings. The summed E-state index contributed by atoms with van der Waals surface area (Å²) in [5.74, 6) is 2.00. The second kappa shape index (κ2) is 15.8. The molecule has 2 aliphatic carbocycles. The van der Waals surface area contributed by atoms with Gasteiger partial charge in [-0.15, -0.1) is 0 Å². The first-order valence-corrected chi connectivity index (χ1v) is 22.5. The van der Waals surface area contributed by atoms with Crippen LogP contribution in [-0.2, 0) is 25.7 Å². The predicted octanol–water partition coefficient (Wildman–Crippen LogP) is 14.4. The number of phenolic OH excluding ortho intramolecular Hbond substituents is 2. The van der Waals surface area contributed by atoms with Crippen LogP contribution in [-0.4, -0.2) is 36.9 Å². The van der Waals surface area contributed by atoms with E-state index in [9.17, 15) is 10.2 Å². The van der Waals surface area contributed by atoms with Crippen molar-refractivity contribution < 1.29 is 19.7 Å². The number of fused-ring (bicyclic) bond motifs is 2. The Morgan fingerprint density at radius 2 is 0.833 bits per heavy atom. The van der Waals surface area contributed by atoms with Crippen molar-refractivity contribution in [1.29, 1.82) is 0 Å². The summed E-state index contributed by atoms with van der Waals surface area (Å²) in [7, 11) is 3.34. The van der Waals surface area contributed by atoms with Gasteiger partial charge in [0, 0.05) is 45.5 Å². The first-order chi connectivity index (χ1) is 32.4. The second-order valence-corrected chi connectivity index (χ2v) is 17.3. The highest BCUT2D eigenvalue weighted by Gasteiger charge is 2.25. The van der Waals surface area contributed by atoms with E-state index in [1.807, 2.05) is 61.0 Å². The minimum atomic E-state index is 0.214. The summed E-state index contributed by atoms with van der Waals surface area (Å²) >= 11 is 0. The number of benzene rings is 10. The van der Waals surface area contributed by atoms with Gasteiger partial charge in [0.2, 0.25) is 0 Å². The molecule has 10 aromatic rings. The standard InChI is InChI=1S/C60H44N2O4/c1-65-45-23-15-37(16-24-45)49-27-19-39-11-13-41-31-43(59(63)57(49)53(39)41)33-61-51-29-21-35-7-3-5-9-47(35)55(51)56-48-10-6-4-8-36(48)22-30-52(56)62-34-44-32-42-14-12-40-20-28-50(58(54(40)42)60(44)64)38-17-25-46(66-2)26-18-38/h3-10,15-34,63-64H,11-14H2,1-2H3/b61-33+,62-34+. The molecule has 318 valence electrons. The third-order valence-electron chi connectivity index (χ3n) is 13.8. The molecule has 2 N–H and O–H groups in total. The normalized spacial score (nSPS) is 13.1. The molecule has 0 aromatic heterocycles.